The normalized spacial score (nSPS) is 10.4. The molecule has 0 heterocycles. The number of carbonyl (C=O) groups excluding carboxylic acids is 1. The lowest BCUT2D eigenvalue weighted by molar-refractivity contribution is 0.210. The summed E-state index contributed by atoms with van der Waals surface area (Å²) < 4.78 is 5.07. The topological polar surface area (TPSA) is 52.3 Å². The van der Waals surface area contributed by atoms with Gasteiger partial charge in [0.05, 0.1) is 0 Å². The van der Waals surface area contributed by atoms with Crippen molar-refractivity contribution in [1.82, 2.24) is 0 Å². The van der Waals surface area contributed by atoms with Crippen LogP contribution in [0.4, 0.5) is 4.79 Å². The Bertz CT molecular complexity index is 417. The molecule has 18 heavy (non-hydrogen) atoms. The fourth-order valence-electron chi connectivity index (χ4n) is 2.08. The first-order valence-electron chi connectivity index (χ1n) is 6.31. The van der Waals surface area contributed by atoms with Crippen molar-refractivity contribution in [2.24, 2.45) is 5.73 Å². The van der Waals surface area contributed by atoms with Crippen LogP contribution in [0.3, 0.4) is 0 Å². The first-order chi connectivity index (χ1) is 8.21. The Balaban J connectivity index is 0.00000137. The molecule has 3 nitrogen and oxygen atoms in total. The van der Waals surface area contributed by atoms with Gasteiger partial charge in [0, 0.05) is 5.56 Å². The molecule has 0 spiro atoms. The summed E-state index contributed by atoms with van der Waals surface area (Å²) in [6.45, 7) is 14.2. The van der Waals surface area contributed by atoms with Crippen molar-refractivity contribution in [3.63, 3.8) is 0 Å². The number of rotatable bonds is 1. The van der Waals surface area contributed by atoms with E-state index < -0.39 is 6.09 Å². The number of hydrogen-bond donors (Lipinski definition) is 1. The molecule has 0 aliphatic heterocycles. The standard InChI is InChI=1S/C13H19NO2.C2H6/c1-8-6-9(2)11(13(3,4)5)10(7-8)16-12(14)15;1-2/h6-7H,1-5H3,(H2,14,15);1-2H3. The largest absolute Gasteiger partial charge is 0.410 e. The fraction of sp³-hybridized carbons (Fsp3) is 0.533. The minimum Gasteiger partial charge on any atom is -0.410 e. The van der Waals surface area contributed by atoms with Crippen LogP contribution in [0.5, 0.6) is 5.75 Å². The van der Waals surface area contributed by atoms with Crippen LogP contribution >= 0.6 is 0 Å². The quantitative estimate of drug-likeness (QED) is 0.817. The number of nitrogens with two attached hydrogens (primary N) is 1. The van der Waals surface area contributed by atoms with Gasteiger partial charge in [-0.1, -0.05) is 40.7 Å². The molecule has 0 atom stereocenters. The highest BCUT2D eigenvalue weighted by Gasteiger charge is 2.22. The molecule has 0 saturated carbocycles. The first-order valence-corrected chi connectivity index (χ1v) is 6.31. The molecule has 1 aromatic carbocycles. The summed E-state index contributed by atoms with van der Waals surface area (Å²) in [5.74, 6) is 0.567. The molecule has 0 radical (unpaired) electrons. The lowest BCUT2D eigenvalue weighted by atomic mass is 9.83. The minimum absolute atomic E-state index is 0.0808. The molecule has 1 aromatic rings. The Morgan fingerprint density at radius 2 is 1.67 bits per heavy atom. The van der Waals surface area contributed by atoms with E-state index in [4.69, 9.17) is 10.5 Å². The third kappa shape index (κ3) is 4.40. The highest BCUT2D eigenvalue weighted by molar-refractivity contribution is 5.69. The van der Waals surface area contributed by atoms with Crippen LogP contribution in [-0.4, -0.2) is 6.09 Å². The Kier molecular flexibility index (Phi) is 5.89. The number of ether oxygens (including phenoxy) is 1. The number of amides is 1. The van der Waals surface area contributed by atoms with E-state index in [1.165, 1.54) is 0 Å². The maximum absolute atomic E-state index is 10.9. The summed E-state index contributed by atoms with van der Waals surface area (Å²) in [7, 11) is 0. The van der Waals surface area contributed by atoms with Crippen LogP contribution in [0, 0.1) is 13.8 Å². The lowest BCUT2D eigenvalue weighted by Crippen LogP contribution is -2.21. The van der Waals surface area contributed by atoms with Crippen molar-refractivity contribution in [1.29, 1.82) is 0 Å². The van der Waals surface area contributed by atoms with E-state index in [9.17, 15) is 4.79 Å². The molecular weight excluding hydrogens is 226 g/mol. The molecule has 3 heteroatoms. The third-order valence-electron chi connectivity index (χ3n) is 2.40. The van der Waals surface area contributed by atoms with E-state index >= 15 is 0 Å². The molecule has 0 aliphatic carbocycles. The van der Waals surface area contributed by atoms with E-state index in [1.807, 2.05) is 33.8 Å². The number of aryl methyl sites for hydroxylation is 2. The van der Waals surface area contributed by atoms with Gasteiger partial charge in [-0.25, -0.2) is 4.79 Å². The summed E-state index contributed by atoms with van der Waals surface area (Å²) >= 11 is 0. The second kappa shape index (κ2) is 6.43. The first kappa shape index (κ1) is 16.5. The van der Waals surface area contributed by atoms with Crippen LogP contribution in [-0.2, 0) is 5.41 Å². The second-order valence-corrected chi connectivity index (χ2v) is 5.13. The van der Waals surface area contributed by atoms with E-state index in [0.717, 1.165) is 16.7 Å². The second-order valence-electron chi connectivity index (χ2n) is 5.13. The van der Waals surface area contributed by atoms with Crippen LogP contribution < -0.4 is 10.5 Å². The molecule has 0 aromatic heterocycles. The average Bonchev–Trinajstić information content (AvgIpc) is 2.15. The SMILES string of the molecule is CC.Cc1cc(C)c(C(C)(C)C)c(OC(N)=O)c1. The summed E-state index contributed by atoms with van der Waals surface area (Å²) in [6.07, 6.45) is -0.768. The van der Waals surface area contributed by atoms with Gasteiger partial charge >= 0.3 is 6.09 Å². The molecule has 0 saturated heterocycles. The van der Waals surface area contributed by atoms with Gasteiger partial charge < -0.3 is 10.5 Å². The third-order valence-corrected chi connectivity index (χ3v) is 2.40. The highest BCUT2D eigenvalue weighted by Crippen LogP contribution is 2.35. The molecule has 1 amide bonds. The Hall–Kier alpha value is -1.51. The molecule has 1 rings (SSSR count). The van der Waals surface area contributed by atoms with Gasteiger partial charge in [-0.3, -0.25) is 0 Å². The van der Waals surface area contributed by atoms with Crippen molar-refractivity contribution in [3.05, 3.63) is 28.8 Å². The molecule has 0 aliphatic rings. The predicted octanol–water partition coefficient (Wildman–Crippen LogP) is 4.08. The Morgan fingerprint density at radius 1 is 1.17 bits per heavy atom. The summed E-state index contributed by atoms with van der Waals surface area (Å²) in [6, 6.07) is 3.92. The smallest absolute Gasteiger partial charge is 0.409 e. The van der Waals surface area contributed by atoms with Crippen molar-refractivity contribution in [2.75, 3.05) is 0 Å². The van der Waals surface area contributed by atoms with Gasteiger partial charge in [0.15, 0.2) is 0 Å². The van der Waals surface area contributed by atoms with Gasteiger partial charge in [0.2, 0.25) is 0 Å². The fourth-order valence-corrected chi connectivity index (χ4v) is 2.08. The predicted molar refractivity (Wildman–Crippen MR) is 76.2 cm³/mol. The van der Waals surface area contributed by atoms with Crippen LogP contribution in [0.1, 0.15) is 51.3 Å². The van der Waals surface area contributed by atoms with E-state index in [0.29, 0.717) is 5.75 Å². The molecule has 2 N–H and O–H groups in total. The van der Waals surface area contributed by atoms with Gasteiger partial charge in [-0.2, -0.15) is 0 Å². The lowest BCUT2D eigenvalue weighted by Gasteiger charge is -2.24. The van der Waals surface area contributed by atoms with E-state index in [2.05, 4.69) is 26.8 Å². The van der Waals surface area contributed by atoms with Gasteiger partial charge in [-0.15, -0.1) is 0 Å². The highest BCUT2D eigenvalue weighted by atomic mass is 16.5. The molecule has 102 valence electrons. The van der Waals surface area contributed by atoms with Gasteiger partial charge in [0.25, 0.3) is 0 Å². The monoisotopic (exact) mass is 251 g/mol. The number of benzene rings is 1. The maximum atomic E-state index is 10.9. The molecule has 0 unspecified atom stereocenters. The number of hydrogen-bond acceptors (Lipinski definition) is 2. The summed E-state index contributed by atoms with van der Waals surface area (Å²) in [4.78, 5) is 10.9. The summed E-state index contributed by atoms with van der Waals surface area (Å²) in [5.41, 5.74) is 8.19. The zero-order valence-electron chi connectivity index (χ0n) is 12.5. The van der Waals surface area contributed by atoms with Gasteiger partial charge in [-0.05, 0) is 36.5 Å². The number of carbonyl (C=O) groups is 1. The van der Waals surface area contributed by atoms with Crippen molar-refractivity contribution in [3.8, 4) is 5.75 Å². The van der Waals surface area contributed by atoms with Crippen molar-refractivity contribution >= 4 is 6.09 Å². The van der Waals surface area contributed by atoms with Crippen LogP contribution in [0.15, 0.2) is 12.1 Å². The Morgan fingerprint density at radius 3 is 2.06 bits per heavy atom. The zero-order valence-corrected chi connectivity index (χ0v) is 12.5. The zero-order chi connectivity index (χ0) is 14.5. The van der Waals surface area contributed by atoms with Crippen molar-refractivity contribution < 1.29 is 9.53 Å². The van der Waals surface area contributed by atoms with Crippen LogP contribution in [0.2, 0.25) is 0 Å². The average molecular weight is 251 g/mol. The molecule has 0 fully saturated rings. The van der Waals surface area contributed by atoms with Crippen LogP contribution in [0.25, 0.3) is 0 Å². The summed E-state index contributed by atoms with van der Waals surface area (Å²) in [5, 5.41) is 0. The molecular formula is C15H25NO2. The van der Waals surface area contributed by atoms with E-state index in [1.54, 1.807) is 0 Å². The van der Waals surface area contributed by atoms with Gasteiger partial charge in [0.1, 0.15) is 5.75 Å². The maximum Gasteiger partial charge on any atom is 0.409 e. The Labute approximate surface area is 110 Å². The number of primary amides is 1. The molecule has 0 bridgehead atoms. The van der Waals surface area contributed by atoms with Crippen molar-refractivity contribution in [2.45, 2.75) is 53.9 Å². The van der Waals surface area contributed by atoms with E-state index in [-0.39, 0.29) is 5.41 Å². The minimum atomic E-state index is -0.768.